The van der Waals surface area contributed by atoms with E-state index in [0.717, 1.165) is 0 Å². The molecule has 2 heterocycles. The summed E-state index contributed by atoms with van der Waals surface area (Å²) in [7, 11) is -7.39. The van der Waals surface area contributed by atoms with Gasteiger partial charge in [-0.05, 0) is 45.4 Å². The predicted octanol–water partition coefficient (Wildman–Crippen LogP) is 0.594. The normalized spacial score (nSPS) is 32.8. The molecule has 0 aromatic heterocycles. The lowest BCUT2D eigenvalue weighted by atomic mass is 9.86. The number of hydrogen-bond acceptors (Lipinski definition) is 7. The number of amidine groups is 1. The molecule has 0 aliphatic carbocycles. The third kappa shape index (κ3) is 2.03. The van der Waals surface area contributed by atoms with E-state index in [2.05, 4.69) is 4.99 Å². The van der Waals surface area contributed by atoms with Crippen molar-refractivity contribution in [1.29, 1.82) is 0 Å². The average Bonchev–Trinajstić information content (AvgIpc) is 2.52. The van der Waals surface area contributed by atoms with Crippen LogP contribution in [0.3, 0.4) is 0 Å². The van der Waals surface area contributed by atoms with E-state index in [4.69, 9.17) is 11.5 Å². The first-order valence-corrected chi connectivity index (χ1v) is 10.8. The predicted molar refractivity (Wildman–Crippen MR) is 93.3 cm³/mol. The van der Waals surface area contributed by atoms with E-state index in [0.29, 0.717) is 11.3 Å². The second kappa shape index (κ2) is 4.72. The second-order valence-electron chi connectivity index (χ2n) is 7.05. The third-order valence-corrected chi connectivity index (χ3v) is 10.1. The Morgan fingerprint density at radius 1 is 1.12 bits per heavy atom. The number of nitrogens with zero attached hydrogens (tertiary/aromatic N) is 1. The molecule has 0 amide bonds. The SMILES string of the molecule is CC1(C)C(N)=N[C@]2(C)c3cc(N)ccc3S(=O)(=O)CC[C@H]2S1(=O)=O. The van der Waals surface area contributed by atoms with Gasteiger partial charge in [0.1, 0.15) is 16.1 Å². The fourth-order valence-electron chi connectivity index (χ4n) is 3.52. The van der Waals surface area contributed by atoms with Gasteiger partial charge in [-0.25, -0.2) is 16.8 Å². The van der Waals surface area contributed by atoms with Crippen LogP contribution in [0.2, 0.25) is 0 Å². The number of fused-ring (bicyclic) bond motifs is 3. The van der Waals surface area contributed by atoms with Crippen molar-refractivity contribution in [2.75, 3.05) is 11.5 Å². The first kappa shape index (κ1) is 17.2. The highest BCUT2D eigenvalue weighted by Crippen LogP contribution is 2.48. The Bertz CT molecular complexity index is 964. The van der Waals surface area contributed by atoms with Gasteiger partial charge in [0.2, 0.25) is 0 Å². The Morgan fingerprint density at radius 2 is 1.75 bits per heavy atom. The van der Waals surface area contributed by atoms with Gasteiger partial charge in [-0.15, -0.1) is 0 Å². The Labute approximate surface area is 142 Å². The summed E-state index contributed by atoms with van der Waals surface area (Å²) in [4.78, 5) is 4.56. The molecule has 7 nitrogen and oxygen atoms in total. The van der Waals surface area contributed by atoms with E-state index >= 15 is 0 Å². The molecule has 0 saturated carbocycles. The van der Waals surface area contributed by atoms with Crippen LogP contribution in [0.25, 0.3) is 0 Å². The Balaban J connectivity index is 2.45. The number of benzene rings is 1. The zero-order valence-electron chi connectivity index (χ0n) is 13.8. The van der Waals surface area contributed by atoms with Crippen molar-refractivity contribution in [2.24, 2.45) is 10.7 Å². The molecule has 0 spiro atoms. The summed E-state index contributed by atoms with van der Waals surface area (Å²) in [6.45, 7) is 4.62. The highest BCUT2D eigenvalue weighted by Gasteiger charge is 2.58. The monoisotopic (exact) mass is 371 g/mol. The molecule has 0 bridgehead atoms. The van der Waals surface area contributed by atoms with E-state index in [1.807, 2.05) is 0 Å². The van der Waals surface area contributed by atoms with Gasteiger partial charge in [0.15, 0.2) is 19.7 Å². The number of nitrogens with two attached hydrogens (primary N) is 2. The molecular weight excluding hydrogens is 350 g/mol. The molecule has 4 N–H and O–H groups in total. The van der Waals surface area contributed by atoms with Crippen LogP contribution in [0.15, 0.2) is 28.1 Å². The molecule has 1 aromatic carbocycles. The van der Waals surface area contributed by atoms with Gasteiger partial charge in [-0.2, -0.15) is 0 Å². The van der Waals surface area contributed by atoms with Crippen molar-refractivity contribution in [2.45, 2.75) is 47.6 Å². The van der Waals surface area contributed by atoms with Crippen molar-refractivity contribution >= 4 is 31.2 Å². The highest BCUT2D eigenvalue weighted by molar-refractivity contribution is 7.94. The smallest absolute Gasteiger partial charge is 0.178 e. The lowest BCUT2D eigenvalue weighted by Gasteiger charge is -2.43. The average molecular weight is 371 g/mol. The summed E-state index contributed by atoms with van der Waals surface area (Å²) in [5, 5.41) is -0.981. The van der Waals surface area contributed by atoms with Crippen LogP contribution in [-0.4, -0.2) is 38.4 Å². The second-order valence-corrected chi connectivity index (χ2v) is 11.8. The number of rotatable bonds is 0. The minimum atomic E-state index is -3.76. The van der Waals surface area contributed by atoms with Crippen molar-refractivity contribution in [3.05, 3.63) is 23.8 Å². The van der Waals surface area contributed by atoms with Crippen LogP contribution < -0.4 is 11.5 Å². The third-order valence-electron chi connectivity index (χ3n) is 5.22. The standard InChI is InChI=1S/C15H21N3O4S2/c1-14(2)13(17)18-15(3)10-8-9(16)4-5-11(10)23(19,20)7-6-12(15)24(14,21)22/h4-5,8,12H,6-7,16H2,1-3H3,(H2,17,18)/t12-,15-/m1/s1. The summed E-state index contributed by atoms with van der Waals surface area (Å²) in [5.74, 6) is -0.275. The maximum absolute atomic E-state index is 13.2. The molecule has 1 aromatic rings. The topological polar surface area (TPSA) is 133 Å². The van der Waals surface area contributed by atoms with E-state index in [9.17, 15) is 16.8 Å². The zero-order chi connectivity index (χ0) is 18.1. The van der Waals surface area contributed by atoms with Crippen molar-refractivity contribution < 1.29 is 16.8 Å². The molecule has 24 heavy (non-hydrogen) atoms. The van der Waals surface area contributed by atoms with Crippen molar-refractivity contribution in [3.63, 3.8) is 0 Å². The first-order valence-electron chi connectivity index (χ1n) is 7.56. The number of anilines is 1. The summed E-state index contributed by atoms with van der Waals surface area (Å²) in [6.07, 6.45) is -0.0318. The molecule has 9 heteroatoms. The van der Waals surface area contributed by atoms with E-state index in [1.165, 1.54) is 32.0 Å². The Kier molecular flexibility index (Phi) is 3.39. The molecule has 132 valence electrons. The summed E-state index contributed by atoms with van der Waals surface area (Å²) < 4.78 is 50.2. The first-order chi connectivity index (χ1) is 10.8. The van der Waals surface area contributed by atoms with E-state index in [1.54, 1.807) is 6.92 Å². The van der Waals surface area contributed by atoms with Gasteiger partial charge in [0.25, 0.3) is 0 Å². The summed E-state index contributed by atoms with van der Waals surface area (Å²) in [5.41, 5.74) is 11.2. The summed E-state index contributed by atoms with van der Waals surface area (Å²) >= 11 is 0. The molecule has 2 aliphatic rings. The molecule has 0 unspecified atom stereocenters. The summed E-state index contributed by atoms with van der Waals surface area (Å²) in [6, 6.07) is 4.41. The quantitative estimate of drug-likeness (QED) is 0.642. The Morgan fingerprint density at radius 3 is 2.38 bits per heavy atom. The van der Waals surface area contributed by atoms with Crippen LogP contribution in [0, 0.1) is 0 Å². The largest absolute Gasteiger partial charge is 0.399 e. The van der Waals surface area contributed by atoms with Crippen molar-refractivity contribution in [1.82, 2.24) is 0 Å². The van der Waals surface area contributed by atoms with Crippen LogP contribution in [0.4, 0.5) is 5.69 Å². The van der Waals surface area contributed by atoms with Gasteiger partial charge in [-0.3, -0.25) is 4.99 Å². The Hall–Kier alpha value is -1.61. The molecule has 0 radical (unpaired) electrons. The lowest BCUT2D eigenvalue weighted by Crippen LogP contribution is -2.59. The van der Waals surface area contributed by atoms with Gasteiger partial charge in [-0.1, -0.05) is 0 Å². The fourth-order valence-corrected chi connectivity index (χ4v) is 7.57. The highest BCUT2D eigenvalue weighted by atomic mass is 32.2. The zero-order valence-corrected chi connectivity index (χ0v) is 15.4. The molecule has 2 atom stereocenters. The fraction of sp³-hybridized carbons (Fsp3) is 0.533. The number of sulfone groups is 2. The number of nitrogen functional groups attached to an aromatic ring is 1. The molecular formula is C15H21N3O4S2. The molecule has 0 fully saturated rings. The lowest BCUT2D eigenvalue weighted by molar-refractivity contribution is 0.416. The van der Waals surface area contributed by atoms with Crippen LogP contribution in [0.1, 0.15) is 32.8 Å². The minimum Gasteiger partial charge on any atom is -0.399 e. The molecule has 3 rings (SSSR count). The maximum Gasteiger partial charge on any atom is 0.178 e. The van der Waals surface area contributed by atoms with Crippen LogP contribution in [0.5, 0.6) is 0 Å². The van der Waals surface area contributed by atoms with E-state index < -0.39 is 35.2 Å². The van der Waals surface area contributed by atoms with Crippen molar-refractivity contribution in [3.8, 4) is 0 Å². The van der Waals surface area contributed by atoms with Crippen LogP contribution >= 0.6 is 0 Å². The number of hydrogen-bond donors (Lipinski definition) is 2. The number of aliphatic imine (C=N–C) groups is 1. The van der Waals surface area contributed by atoms with Crippen LogP contribution in [-0.2, 0) is 25.2 Å². The van der Waals surface area contributed by atoms with Gasteiger partial charge in [0, 0.05) is 11.3 Å². The van der Waals surface area contributed by atoms with Gasteiger partial charge in [0.05, 0.1) is 15.9 Å². The van der Waals surface area contributed by atoms with Gasteiger partial charge < -0.3 is 11.5 Å². The maximum atomic E-state index is 13.2. The van der Waals surface area contributed by atoms with Gasteiger partial charge >= 0.3 is 0 Å². The molecule has 2 aliphatic heterocycles. The molecule has 0 saturated heterocycles. The van der Waals surface area contributed by atoms with E-state index in [-0.39, 0.29) is 22.9 Å². The minimum absolute atomic E-state index is 0.0195.